The maximum Gasteiger partial charge on any atom is 0.266 e. The van der Waals surface area contributed by atoms with E-state index in [-0.39, 0.29) is 5.57 Å². The minimum Gasteiger partial charge on any atom is -0.490 e. The van der Waals surface area contributed by atoms with Gasteiger partial charge in [0.25, 0.3) is 5.91 Å². The first kappa shape index (κ1) is 25.0. The predicted molar refractivity (Wildman–Crippen MR) is 141 cm³/mol. The summed E-state index contributed by atoms with van der Waals surface area (Å²) in [5.74, 6) is 0.584. The molecule has 0 aliphatic heterocycles. The summed E-state index contributed by atoms with van der Waals surface area (Å²) in [5.41, 5.74) is 4.36. The number of nitrogens with zero attached hydrogens (tertiary/aromatic N) is 2. The Kier molecular flexibility index (Phi) is 8.05. The number of anilines is 1. The standard InChI is InChI=1S/C29H27N3O3S/c1-3-34-26-15-20(11-12-25(26)35-18-21-8-6-7-19(2)13-21)14-22(16-30)28(33)32-29-24(17-31)23-9-4-5-10-27(23)36-29/h6-8,11-15H,3-5,9-10,18H2,1-2H3,(H,32,33)/b22-14+. The van der Waals surface area contributed by atoms with Gasteiger partial charge in [-0.3, -0.25) is 4.79 Å². The molecule has 6 nitrogen and oxygen atoms in total. The monoisotopic (exact) mass is 497 g/mol. The van der Waals surface area contributed by atoms with Crippen LogP contribution in [0.5, 0.6) is 11.5 Å². The van der Waals surface area contributed by atoms with Gasteiger partial charge in [0.1, 0.15) is 29.3 Å². The van der Waals surface area contributed by atoms with Gasteiger partial charge in [0, 0.05) is 4.88 Å². The highest BCUT2D eigenvalue weighted by Gasteiger charge is 2.22. The van der Waals surface area contributed by atoms with Crippen LogP contribution in [0.15, 0.2) is 48.0 Å². The number of carbonyl (C=O) groups is 1. The lowest BCUT2D eigenvalue weighted by atomic mass is 9.96. The molecule has 4 rings (SSSR count). The zero-order valence-electron chi connectivity index (χ0n) is 20.4. The van der Waals surface area contributed by atoms with Crippen molar-refractivity contribution in [2.24, 2.45) is 0 Å². The van der Waals surface area contributed by atoms with Gasteiger partial charge in [0.2, 0.25) is 0 Å². The molecule has 0 fully saturated rings. The highest BCUT2D eigenvalue weighted by molar-refractivity contribution is 7.16. The van der Waals surface area contributed by atoms with E-state index in [9.17, 15) is 15.3 Å². The van der Waals surface area contributed by atoms with Crippen LogP contribution >= 0.6 is 11.3 Å². The van der Waals surface area contributed by atoms with Crippen molar-refractivity contribution >= 4 is 28.3 Å². The van der Waals surface area contributed by atoms with E-state index in [1.165, 1.54) is 17.4 Å². The fourth-order valence-electron chi connectivity index (χ4n) is 4.22. The van der Waals surface area contributed by atoms with Crippen LogP contribution in [0.2, 0.25) is 0 Å². The molecule has 0 unspecified atom stereocenters. The summed E-state index contributed by atoms with van der Waals surface area (Å²) in [5, 5.41) is 22.6. The number of amides is 1. The fraction of sp³-hybridized carbons (Fsp3) is 0.276. The minimum absolute atomic E-state index is 0.0545. The van der Waals surface area contributed by atoms with Gasteiger partial charge in [0.15, 0.2) is 11.5 Å². The third-order valence-corrected chi connectivity index (χ3v) is 7.14. The van der Waals surface area contributed by atoms with Crippen LogP contribution in [0.25, 0.3) is 6.08 Å². The summed E-state index contributed by atoms with van der Waals surface area (Å²) in [4.78, 5) is 14.1. The summed E-state index contributed by atoms with van der Waals surface area (Å²) in [6.07, 6.45) is 5.42. The molecule has 0 atom stereocenters. The Balaban J connectivity index is 1.53. The van der Waals surface area contributed by atoms with Crippen molar-refractivity contribution in [3.05, 3.63) is 80.7 Å². The van der Waals surface area contributed by atoms with Crippen molar-refractivity contribution < 1.29 is 14.3 Å². The number of nitrogens with one attached hydrogen (secondary N) is 1. The molecule has 182 valence electrons. The van der Waals surface area contributed by atoms with Gasteiger partial charge in [-0.25, -0.2) is 0 Å². The number of rotatable bonds is 8. The molecule has 36 heavy (non-hydrogen) atoms. The molecule has 0 spiro atoms. The van der Waals surface area contributed by atoms with Crippen LogP contribution in [0.4, 0.5) is 5.00 Å². The largest absolute Gasteiger partial charge is 0.490 e. The van der Waals surface area contributed by atoms with E-state index in [2.05, 4.69) is 17.5 Å². The Morgan fingerprint density at radius 1 is 1.11 bits per heavy atom. The number of fused-ring (bicyclic) bond motifs is 1. The van der Waals surface area contributed by atoms with Crippen LogP contribution < -0.4 is 14.8 Å². The van der Waals surface area contributed by atoms with Crippen LogP contribution in [-0.2, 0) is 24.2 Å². The molecule has 2 aromatic carbocycles. The Morgan fingerprint density at radius 2 is 1.94 bits per heavy atom. The van der Waals surface area contributed by atoms with Gasteiger partial charge >= 0.3 is 0 Å². The molecule has 0 saturated carbocycles. The number of aryl methyl sites for hydroxylation is 2. The number of ether oxygens (including phenoxy) is 2. The maximum absolute atomic E-state index is 12.9. The summed E-state index contributed by atoms with van der Waals surface area (Å²) >= 11 is 1.44. The lowest BCUT2D eigenvalue weighted by Crippen LogP contribution is -2.13. The van der Waals surface area contributed by atoms with Gasteiger partial charge in [-0.15, -0.1) is 11.3 Å². The Labute approximate surface area is 215 Å². The van der Waals surface area contributed by atoms with Crippen molar-refractivity contribution in [1.29, 1.82) is 10.5 Å². The first-order chi connectivity index (χ1) is 17.5. The van der Waals surface area contributed by atoms with Crippen LogP contribution in [-0.4, -0.2) is 12.5 Å². The highest BCUT2D eigenvalue weighted by atomic mass is 32.1. The molecule has 0 saturated heterocycles. The van der Waals surface area contributed by atoms with Crippen molar-refractivity contribution in [2.45, 2.75) is 46.1 Å². The summed E-state index contributed by atoms with van der Waals surface area (Å²) in [6, 6.07) is 17.6. The smallest absolute Gasteiger partial charge is 0.266 e. The summed E-state index contributed by atoms with van der Waals surface area (Å²) in [7, 11) is 0. The average Bonchev–Trinajstić information content (AvgIpc) is 3.23. The van der Waals surface area contributed by atoms with E-state index < -0.39 is 5.91 Å². The molecule has 1 N–H and O–H groups in total. The topological polar surface area (TPSA) is 95.1 Å². The lowest BCUT2D eigenvalue weighted by molar-refractivity contribution is -0.112. The Hall–Kier alpha value is -4.07. The highest BCUT2D eigenvalue weighted by Crippen LogP contribution is 2.38. The van der Waals surface area contributed by atoms with Crippen LogP contribution in [0.1, 0.15) is 52.5 Å². The first-order valence-corrected chi connectivity index (χ1v) is 12.8. The molecule has 1 aliphatic rings. The van der Waals surface area contributed by atoms with Crippen molar-refractivity contribution in [3.63, 3.8) is 0 Å². The van der Waals surface area contributed by atoms with Crippen LogP contribution in [0.3, 0.4) is 0 Å². The second-order valence-corrected chi connectivity index (χ2v) is 9.67. The second kappa shape index (κ2) is 11.6. The summed E-state index contributed by atoms with van der Waals surface area (Å²) in [6.45, 7) is 4.76. The van der Waals surface area contributed by atoms with E-state index in [1.807, 2.05) is 38.1 Å². The van der Waals surface area contributed by atoms with Gasteiger partial charge in [-0.1, -0.05) is 35.9 Å². The maximum atomic E-state index is 12.9. The molecule has 0 bridgehead atoms. The zero-order chi connectivity index (χ0) is 25.5. The van der Waals surface area contributed by atoms with Crippen molar-refractivity contribution in [1.82, 2.24) is 0 Å². The average molecular weight is 498 g/mol. The van der Waals surface area contributed by atoms with E-state index in [1.54, 1.807) is 18.2 Å². The fourth-order valence-corrected chi connectivity index (χ4v) is 5.46. The molecular formula is C29H27N3O3S. The number of nitriles is 2. The van der Waals surface area contributed by atoms with E-state index in [0.29, 0.717) is 40.8 Å². The molecule has 1 aromatic heterocycles. The molecule has 1 aliphatic carbocycles. The third-order valence-electron chi connectivity index (χ3n) is 5.93. The number of carbonyl (C=O) groups excluding carboxylic acids is 1. The summed E-state index contributed by atoms with van der Waals surface area (Å²) < 4.78 is 11.8. The second-order valence-electron chi connectivity index (χ2n) is 8.57. The Bertz CT molecular complexity index is 1390. The van der Waals surface area contributed by atoms with Gasteiger partial charge in [0.05, 0.1) is 12.2 Å². The van der Waals surface area contributed by atoms with E-state index in [0.717, 1.165) is 47.3 Å². The van der Waals surface area contributed by atoms with Crippen molar-refractivity contribution in [2.75, 3.05) is 11.9 Å². The normalized spacial score (nSPS) is 12.7. The molecule has 0 radical (unpaired) electrons. The zero-order valence-corrected chi connectivity index (χ0v) is 21.2. The third kappa shape index (κ3) is 5.76. The number of benzene rings is 2. The van der Waals surface area contributed by atoms with E-state index in [4.69, 9.17) is 9.47 Å². The molecule has 1 amide bonds. The minimum atomic E-state index is -0.537. The van der Waals surface area contributed by atoms with Gasteiger partial charge in [-0.2, -0.15) is 10.5 Å². The quantitative estimate of drug-likeness (QED) is 0.290. The SMILES string of the molecule is CCOc1cc(/C=C(\C#N)C(=O)Nc2sc3c(c2C#N)CCCC3)ccc1OCc1cccc(C)c1. The van der Waals surface area contributed by atoms with Crippen LogP contribution in [0, 0.1) is 29.6 Å². The number of hydrogen-bond donors (Lipinski definition) is 1. The number of thiophene rings is 1. The van der Waals surface area contributed by atoms with Gasteiger partial charge in [-0.05, 0) is 74.4 Å². The lowest BCUT2D eigenvalue weighted by Gasteiger charge is -2.13. The van der Waals surface area contributed by atoms with Gasteiger partial charge < -0.3 is 14.8 Å². The molecule has 3 aromatic rings. The first-order valence-electron chi connectivity index (χ1n) is 11.9. The molecule has 7 heteroatoms. The van der Waals surface area contributed by atoms with E-state index >= 15 is 0 Å². The predicted octanol–water partition coefficient (Wildman–Crippen LogP) is 6.33. The van der Waals surface area contributed by atoms with Crippen molar-refractivity contribution in [3.8, 4) is 23.6 Å². The number of hydrogen-bond acceptors (Lipinski definition) is 6. The Morgan fingerprint density at radius 3 is 2.69 bits per heavy atom. The molecular weight excluding hydrogens is 470 g/mol. The molecule has 1 heterocycles.